The van der Waals surface area contributed by atoms with E-state index in [1.807, 2.05) is 0 Å². The van der Waals surface area contributed by atoms with Crippen molar-refractivity contribution >= 4 is 15.7 Å². The fourth-order valence-corrected chi connectivity index (χ4v) is 3.82. The van der Waals surface area contributed by atoms with Gasteiger partial charge in [0.2, 0.25) is 16.4 Å². The van der Waals surface area contributed by atoms with Gasteiger partial charge in [0, 0.05) is 12.1 Å². The predicted molar refractivity (Wildman–Crippen MR) is 115 cm³/mol. The van der Waals surface area contributed by atoms with Crippen LogP contribution in [0.1, 0.15) is 70.0 Å². The molecule has 1 unspecified atom stereocenters. The van der Waals surface area contributed by atoms with Crippen molar-refractivity contribution < 1.29 is 22.3 Å². The summed E-state index contributed by atoms with van der Waals surface area (Å²) in [6.45, 7) is 4.97. The maximum Gasteiger partial charge on any atom is 0.238 e. The Kier molecular flexibility index (Phi) is 12.3. The van der Waals surface area contributed by atoms with Crippen molar-refractivity contribution in [3.05, 3.63) is 29.8 Å². The number of nitrogens with zero attached hydrogens (tertiary/aromatic N) is 1. The summed E-state index contributed by atoms with van der Waals surface area (Å²) in [6, 6.07) is 6.78. The molecule has 0 saturated carbocycles. The van der Waals surface area contributed by atoms with Crippen molar-refractivity contribution in [2.24, 2.45) is 0 Å². The molecule has 1 rings (SSSR count). The molecule has 5 nitrogen and oxygen atoms in total. The normalized spacial score (nSPS) is 13.2. The molecule has 0 amide bonds. The van der Waals surface area contributed by atoms with Gasteiger partial charge in [-0.2, -0.15) is 0 Å². The topological polar surface area (TPSA) is 69.6 Å². The van der Waals surface area contributed by atoms with Crippen LogP contribution in [0.15, 0.2) is 24.3 Å². The SMILES string of the molecule is CCN(CCCCCCCC(F)F)CCCC(O)c1ccc(NS(C)(=O)=O)cc1. The molecule has 0 bridgehead atoms. The zero-order chi connectivity index (χ0) is 21.7. The second-order valence-electron chi connectivity index (χ2n) is 7.54. The molecule has 0 spiro atoms. The van der Waals surface area contributed by atoms with Gasteiger partial charge in [-0.15, -0.1) is 0 Å². The van der Waals surface area contributed by atoms with Crippen LogP contribution in [0.3, 0.4) is 0 Å². The van der Waals surface area contributed by atoms with Crippen molar-refractivity contribution in [1.29, 1.82) is 0 Å². The highest BCUT2D eigenvalue weighted by Crippen LogP contribution is 2.21. The van der Waals surface area contributed by atoms with E-state index in [1.54, 1.807) is 24.3 Å². The molecule has 8 heteroatoms. The third-order valence-corrected chi connectivity index (χ3v) is 5.50. The van der Waals surface area contributed by atoms with Crippen LogP contribution >= 0.6 is 0 Å². The lowest BCUT2D eigenvalue weighted by Gasteiger charge is -2.21. The van der Waals surface area contributed by atoms with Crippen molar-refractivity contribution in [3.8, 4) is 0 Å². The summed E-state index contributed by atoms with van der Waals surface area (Å²) in [5.74, 6) is 0. The Balaban J connectivity index is 2.23. The smallest absolute Gasteiger partial charge is 0.238 e. The molecule has 0 radical (unpaired) electrons. The summed E-state index contributed by atoms with van der Waals surface area (Å²) in [7, 11) is -3.30. The zero-order valence-electron chi connectivity index (χ0n) is 17.6. The van der Waals surface area contributed by atoms with Gasteiger partial charge in [0.1, 0.15) is 0 Å². The van der Waals surface area contributed by atoms with Gasteiger partial charge >= 0.3 is 0 Å². The van der Waals surface area contributed by atoms with Crippen LogP contribution in [0.4, 0.5) is 14.5 Å². The van der Waals surface area contributed by atoms with Crippen molar-refractivity contribution in [3.63, 3.8) is 0 Å². The summed E-state index contributed by atoms with van der Waals surface area (Å²) in [4.78, 5) is 2.35. The quantitative estimate of drug-likeness (QED) is 0.367. The molecule has 0 aliphatic rings. The first-order valence-electron chi connectivity index (χ1n) is 10.5. The number of aliphatic hydroxyl groups is 1. The maximum absolute atomic E-state index is 12.1. The Labute approximate surface area is 174 Å². The third kappa shape index (κ3) is 12.8. The number of alkyl halides is 2. The summed E-state index contributed by atoms with van der Waals surface area (Å²) in [5, 5.41) is 10.4. The minimum atomic E-state index is -3.30. The first kappa shape index (κ1) is 25.8. The first-order valence-corrected chi connectivity index (χ1v) is 12.4. The second-order valence-corrected chi connectivity index (χ2v) is 9.28. The Morgan fingerprint density at radius 1 is 0.966 bits per heavy atom. The fraction of sp³-hybridized carbons (Fsp3) is 0.714. The second kappa shape index (κ2) is 13.9. The van der Waals surface area contributed by atoms with Crippen LogP contribution in [0.25, 0.3) is 0 Å². The van der Waals surface area contributed by atoms with Gasteiger partial charge in [0.25, 0.3) is 0 Å². The minimum Gasteiger partial charge on any atom is -0.388 e. The zero-order valence-corrected chi connectivity index (χ0v) is 18.4. The molecular weight excluding hydrogens is 398 g/mol. The minimum absolute atomic E-state index is 0.0142. The Morgan fingerprint density at radius 2 is 1.55 bits per heavy atom. The molecule has 0 aromatic heterocycles. The van der Waals surface area contributed by atoms with Gasteiger partial charge < -0.3 is 10.0 Å². The standard InChI is InChI=1S/C21H36F2N2O3S/c1-3-25(16-8-6-4-5-7-11-21(22)23)17-9-10-20(26)18-12-14-19(15-13-18)24-29(2,27)28/h12-15,20-21,24,26H,3-11,16-17H2,1-2H3. The molecule has 1 aromatic rings. The highest BCUT2D eigenvalue weighted by atomic mass is 32.2. The molecule has 0 saturated heterocycles. The van der Waals surface area contributed by atoms with Crippen LogP contribution in [-0.4, -0.2) is 50.7 Å². The van der Waals surface area contributed by atoms with Crippen LogP contribution < -0.4 is 4.72 Å². The molecule has 29 heavy (non-hydrogen) atoms. The molecule has 0 fully saturated rings. The number of unbranched alkanes of at least 4 members (excludes halogenated alkanes) is 4. The molecule has 0 aliphatic carbocycles. The highest BCUT2D eigenvalue weighted by Gasteiger charge is 2.10. The fourth-order valence-electron chi connectivity index (χ4n) is 3.25. The number of rotatable bonds is 16. The van der Waals surface area contributed by atoms with Gasteiger partial charge in [-0.1, -0.05) is 38.3 Å². The van der Waals surface area contributed by atoms with Gasteiger partial charge in [-0.25, -0.2) is 17.2 Å². The summed E-state index contributed by atoms with van der Waals surface area (Å²) in [5.41, 5.74) is 1.26. The number of anilines is 1. The van der Waals surface area contributed by atoms with Gasteiger partial charge in [0.15, 0.2) is 0 Å². The number of aliphatic hydroxyl groups excluding tert-OH is 1. The average Bonchev–Trinajstić information content (AvgIpc) is 2.64. The van der Waals surface area contributed by atoms with E-state index in [9.17, 15) is 22.3 Å². The molecule has 168 valence electrons. The van der Waals surface area contributed by atoms with Crippen molar-refractivity contribution in [1.82, 2.24) is 4.90 Å². The number of halogens is 2. The van der Waals surface area contributed by atoms with Crippen LogP contribution in [0.5, 0.6) is 0 Å². The summed E-state index contributed by atoms with van der Waals surface area (Å²) in [6.07, 6.45) is 4.50. The van der Waals surface area contributed by atoms with Crippen LogP contribution in [0, 0.1) is 0 Å². The van der Waals surface area contributed by atoms with E-state index in [1.165, 1.54) is 0 Å². The lowest BCUT2D eigenvalue weighted by atomic mass is 10.0. The van der Waals surface area contributed by atoms with E-state index < -0.39 is 22.6 Å². The predicted octanol–water partition coefficient (Wildman–Crippen LogP) is 4.80. The molecule has 1 atom stereocenters. The van der Waals surface area contributed by atoms with E-state index in [4.69, 9.17) is 0 Å². The lowest BCUT2D eigenvalue weighted by Crippen LogP contribution is -2.26. The number of nitrogens with one attached hydrogen (secondary N) is 1. The number of benzene rings is 1. The van der Waals surface area contributed by atoms with Crippen molar-refractivity contribution in [2.45, 2.75) is 70.8 Å². The van der Waals surface area contributed by atoms with Gasteiger partial charge in [-0.3, -0.25) is 4.72 Å². The average molecular weight is 435 g/mol. The van der Waals surface area contributed by atoms with Crippen molar-refractivity contribution in [2.75, 3.05) is 30.6 Å². The maximum atomic E-state index is 12.1. The van der Waals surface area contributed by atoms with E-state index >= 15 is 0 Å². The Morgan fingerprint density at radius 3 is 2.14 bits per heavy atom. The van der Waals surface area contributed by atoms with E-state index in [2.05, 4.69) is 16.5 Å². The van der Waals surface area contributed by atoms with E-state index in [0.717, 1.165) is 63.6 Å². The molecular formula is C21H36F2N2O3S. The first-order chi connectivity index (χ1) is 13.7. The molecule has 0 heterocycles. The van der Waals surface area contributed by atoms with Crippen LogP contribution in [-0.2, 0) is 10.0 Å². The number of sulfonamides is 1. The lowest BCUT2D eigenvalue weighted by molar-refractivity contribution is 0.133. The third-order valence-electron chi connectivity index (χ3n) is 4.89. The Bertz CT molecular complexity index is 654. The summed E-state index contributed by atoms with van der Waals surface area (Å²) >= 11 is 0. The largest absolute Gasteiger partial charge is 0.388 e. The van der Waals surface area contributed by atoms with E-state index in [-0.39, 0.29) is 6.42 Å². The number of hydrogen-bond acceptors (Lipinski definition) is 4. The highest BCUT2D eigenvalue weighted by molar-refractivity contribution is 7.92. The molecule has 1 aromatic carbocycles. The van der Waals surface area contributed by atoms with Crippen LogP contribution in [0.2, 0.25) is 0 Å². The van der Waals surface area contributed by atoms with Gasteiger partial charge in [0.05, 0.1) is 12.4 Å². The molecule has 2 N–H and O–H groups in total. The number of hydrogen-bond donors (Lipinski definition) is 2. The monoisotopic (exact) mass is 434 g/mol. The molecule has 0 aliphatic heterocycles. The van der Waals surface area contributed by atoms with E-state index in [0.29, 0.717) is 18.5 Å². The summed E-state index contributed by atoms with van der Waals surface area (Å²) < 4.78 is 49.0. The Hall–Kier alpha value is -1.25. The van der Waals surface area contributed by atoms with Gasteiger partial charge in [-0.05, 0) is 63.0 Å².